The normalized spacial score (nSPS) is 17.3. The van der Waals surface area contributed by atoms with E-state index in [0.29, 0.717) is 25.9 Å². The fourth-order valence-corrected chi connectivity index (χ4v) is 2.57. The van der Waals surface area contributed by atoms with Gasteiger partial charge in [-0.3, -0.25) is 4.79 Å². The molecule has 0 bridgehead atoms. The first-order valence-electron chi connectivity index (χ1n) is 8.53. The lowest BCUT2D eigenvalue weighted by atomic mass is 10.0. The Morgan fingerprint density at radius 3 is 2.92 bits per heavy atom. The molecule has 0 spiro atoms. The van der Waals surface area contributed by atoms with Crippen LogP contribution in [0, 0.1) is 18.3 Å². The van der Waals surface area contributed by atoms with Gasteiger partial charge in [0.25, 0.3) is 0 Å². The summed E-state index contributed by atoms with van der Waals surface area (Å²) in [5.74, 6) is 3.33. The van der Waals surface area contributed by atoms with Crippen LogP contribution in [0.4, 0.5) is 5.69 Å². The lowest BCUT2D eigenvalue weighted by molar-refractivity contribution is -0.116. The molecule has 24 heavy (non-hydrogen) atoms. The first-order chi connectivity index (χ1) is 11.7. The number of hydrogen-bond acceptors (Lipinski definition) is 4. The third kappa shape index (κ3) is 5.17. The van der Waals surface area contributed by atoms with Crippen molar-refractivity contribution < 1.29 is 9.53 Å². The number of rotatable bonds is 10. The molecule has 3 rings (SSSR count). The Bertz CT molecular complexity index is 653. The predicted molar refractivity (Wildman–Crippen MR) is 92.3 cm³/mol. The molecule has 0 radical (unpaired) electrons. The number of benzene rings is 1. The summed E-state index contributed by atoms with van der Waals surface area (Å²) in [7, 11) is 0. The summed E-state index contributed by atoms with van der Waals surface area (Å²) in [5, 5.41) is 11.0. The largest absolute Gasteiger partial charge is 0.376 e. The second-order valence-electron chi connectivity index (χ2n) is 6.59. The Morgan fingerprint density at radius 2 is 2.21 bits per heavy atom. The highest BCUT2D eigenvalue weighted by atomic mass is 16.5. The van der Waals surface area contributed by atoms with E-state index in [4.69, 9.17) is 11.2 Å². The van der Waals surface area contributed by atoms with E-state index < -0.39 is 5.66 Å². The van der Waals surface area contributed by atoms with Crippen molar-refractivity contribution in [1.29, 1.82) is 0 Å². The van der Waals surface area contributed by atoms with Crippen molar-refractivity contribution >= 4 is 11.6 Å². The maximum atomic E-state index is 12.1. The molecule has 1 aliphatic carbocycles. The number of carbonyl (C=O) groups excluding carboxylic acids is 1. The number of nitrogens with zero attached hydrogens (tertiary/aromatic N) is 2. The van der Waals surface area contributed by atoms with E-state index in [1.807, 2.05) is 24.3 Å². The Kier molecular flexibility index (Phi) is 5.27. The summed E-state index contributed by atoms with van der Waals surface area (Å²) >= 11 is 0. The van der Waals surface area contributed by atoms with Crippen molar-refractivity contribution in [1.82, 2.24) is 0 Å². The topological polar surface area (TPSA) is 63.0 Å². The van der Waals surface area contributed by atoms with Gasteiger partial charge in [0.1, 0.15) is 0 Å². The number of anilines is 1. The van der Waals surface area contributed by atoms with Crippen molar-refractivity contribution in [2.45, 2.75) is 50.8 Å². The van der Waals surface area contributed by atoms with Crippen molar-refractivity contribution in [3.63, 3.8) is 0 Å². The van der Waals surface area contributed by atoms with Crippen LogP contribution in [0.1, 0.15) is 44.1 Å². The highest BCUT2D eigenvalue weighted by Crippen LogP contribution is 2.37. The molecule has 1 amide bonds. The van der Waals surface area contributed by atoms with Crippen LogP contribution in [0.15, 0.2) is 34.5 Å². The lowest BCUT2D eigenvalue weighted by Gasteiger charge is -2.10. The van der Waals surface area contributed by atoms with E-state index in [0.717, 1.165) is 30.2 Å². The fraction of sp³-hybridized carbons (Fsp3) is 0.526. The summed E-state index contributed by atoms with van der Waals surface area (Å²) in [6, 6.07) is 7.80. The number of amides is 1. The fourth-order valence-electron chi connectivity index (χ4n) is 2.57. The predicted octanol–water partition coefficient (Wildman–Crippen LogP) is 3.91. The molecular formula is C19H23N3O2. The molecule has 1 saturated carbocycles. The molecule has 5 heteroatoms. The van der Waals surface area contributed by atoms with E-state index in [1.165, 1.54) is 12.8 Å². The molecule has 2 aliphatic rings. The second kappa shape index (κ2) is 7.59. The van der Waals surface area contributed by atoms with E-state index in [1.54, 1.807) is 0 Å². The van der Waals surface area contributed by atoms with E-state index in [9.17, 15) is 4.79 Å². The van der Waals surface area contributed by atoms with E-state index in [2.05, 4.69) is 21.5 Å². The lowest BCUT2D eigenvalue weighted by Crippen LogP contribution is -2.17. The van der Waals surface area contributed by atoms with E-state index >= 15 is 0 Å². The third-order valence-corrected chi connectivity index (χ3v) is 4.33. The van der Waals surface area contributed by atoms with Gasteiger partial charge in [-0.2, -0.15) is 10.2 Å². The Hall–Kier alpha value is -2.19. The minimum atomic E-state index is -0.401. The van der Waals surface area contributed by atoms with Crippen LogP contribution in [0.25, 0.3) is 0 Å². The summed E-state index contributed by atoms with van der Waals surface area (Å²) in [5.41, 5.74) is 1.48. The minimum Gasteiger partial charge on any atom is -0.376 e. The highest BCUT2D eigenvalue weighted by molar-refractivity contribution is 5.90. The number of hydrogen-bond donors (Lipinski definition) is 1. The van der Waals surface area contributed by atoms with Gasteiger partial charge in [0.15, 0.2) is 5.66 Å². The van der Waals surface area contributed by atoms with Gasteiger partial charge in [-0.1, -0.05) is 12.1 Å². The molecule has 1 aromatic carbocycles. The second-order valence-corrected chi connectivity index (χ2v) is 6.59. The zero-order valence-corrected chi connectivity index (χ0v) is 13.8. The summed E-state index contributed by atoms with van der Waals surface area (Å²) < 4.78 is 5.69. The first-order valence-corrected chi connectivity index (χ1v) is 8.53. The van der Waals surface area contributed by atoms with Gasteiger partial charge in [0.2, 0.25) is 5.91 Å². The molecule has 1 fully saturated rings. The highest BCUT2D eigenvalue weighted by Gasteiger charge is 2.39. The molecule has 0 atom stereocenters. The molecule has 0 unspecified atom stereocenters. The average molecular weight is 325 g/mol. The number of terminal acetylenes is 1. The third-order valence-electron chi connectivity index (χ3n) is 4.33. The number of nitrogens with one attached hydrogen (secondary N) is 1. The zero-order chi connectivity index (χ0) is 16.8. The minimum absolute atomic E-state index is 0.0246. The Labute approximate surface area is 142 Å². The van der Waals surface area contributed by atoms with Crippen LogP contribution in [-0.2, 0) is 16.1 Å². The van der Waals surface area contributed by atoms with Gasteiger partial charge in [-0.15, -0.1) is 12.3 Å². The molecular weight excluding hydrogens is 302 g/mol. The maximum absolute atomic E-state index is 12.1. The van der Waals surface area contributed by atoms with Crippen molar-refractivity contribution in [3.8, 4) is 12.3 Å². The van der Waals surface area contributed by atoms with Crippen molar-refractivity contribution in [3.05, 3.63) is 29.8 Å². The first kappa shape index (κ1) is 16.7. The van der Waals surface area contributed by atoms with Crippen molar-refractivity contribution in [2.75, 3.05) is 11.9 Å². The van der Waals surface area contributed by atoms with Gasteiger partial charge >= 0.3 is 0 Å². The Balaban J connectivity index is 1.41. The zero-order valence-electron chi connectivity index (χ0n) is 13.8. The SMILES string of the molecule is C#CCCC1(CCC(=O)Nc2cccc(COCC3CC3)c2)N=N1. The molecule has 126 valence electrons. The number of carbonyl (C=O) groups is 1. The van der Waals surface area contributed by atoms with Gasteiger partial charge in [-0.05, 0) is 36.5 Å². The molecule has 1 N–H and O–H groups in total. The molecule has 1 aliphatic heterocycles. The Morgan fingerprint density at radius 1 is 1.38 bits per heavy atom. The summed E-state index contributed by atoms with van der Waals surface area (Å²) in [4.78, 5) is 12.1. The van der Waals surface area contributed by atoms with Crippen LogP contribution in [0.5, 0.6) is 0 Å². The number of ether oxygens (including phenoxy) is 1. The maximum Gasteiger partial charge on any atom is 0.224 e. The summed E-state index contributed by atoms with van der Waals surface area (Å²) in [6.45, 7) is 1.43. The molecule has 5 nitrogen and oxygen atoms in total. The molecule has 0 aromatic heterocycles. The van der Waals surface area contributed by atoms with Crippen LogP contribution >= 0.6 is 0 Å². The van der Waals surface area contributed by atoms with Crippen LogP contribution in [-0.4, -0.2) is 18.2 Å². The standard InChI is InChI=1S/C19H23N3O2/c1-2-3-10-19(21-22-19)11-9-18(23)20-17-6-4-5-16(12-17)14-24-13-15-7-8-15/h1,4-6,12,15H,3,7-11,13-14H2,(H,20,23). The molecule has 1 aromatic rings. The van der Waals surface area contributed by atoms with Gasteiger partial charge in [0.05, 0.1) is 6.61 Å². The smallest absolute Gasteiger partial charge is 0.224 e. The summed E-state index contributed by atoms with van der Waals surface area (Å²) in [6.07, 6.45) is 10.2. The average Bonchev–Trinajstić information content (AvgIpc) is 3.48. The van der Waals surface area contributed by atoms with Gasteiger partial charge in [0, 0.05) is 38.0 Å². The van der Waals surface area contributed by atoms with Crippen molar-refractivity contribution in [2.24, 2.45) is 16.1 Å². The van der Waals surface area contributed by atoms with Crippen LogP contribution in [0.2, 0.25) is 0 Å². The van der Waals surface area contributed by atoms with Crippen LogP contribution in [0.3, 0.4) is 0 Å². The monoisotopic (exact) mass is 325 g/mol. The van der Waals surface area contributed by atoms with Crippen LogP contribution < -0.4 is 5.32 Å². The van der Waals surface area contributed by atoms with Gasteiger partial charge in [-0.25, -0.2) is 0 Å². The quantitative estimate of drug-likeness (QED) is 0.663. The van der Waals surface area contributed by atoms with Gasteiger partial charge < -0.3 is 10.1 Å². The van der Waals surface area contributed by atoms with E-state index in [-0.39, 0.29) is 5.91 Å². The molecule has 0 saturated heterocycles. The molecule has 1 heterocycles.